The van der Waals surface area contributed by atoms with Crippen LogP contribution in [-0.2, 0) is 6.42 Å². The minimum Gasteiger partial charge on any atom is -0.351 e. The van der Waals surface area contributed by atoms with Gasteiger partial charge in [0.15, 0.2) is 0 Å². The first kappa shape index (κ1) is 26.2. The number of hydrogen-bond acceptors (Lipinski definition) is 2. The molecule has 2 fully saturated rings. The van der Waals surface area contributed by atoms with Crippen LogP contribution in [0, 0.1) is 18.8 Å². The fourth-order valence-electron chi connectivity index (χ4n) is 5.81. The first-order chi connectivity index (χ1) is 14.5. The number of carbonyl (C=O) groups excluding carboxylic acids is 1. The lowest BCUT2D eigenvalue weighted by molar-refractivity contribution is 0.0681. The first-order valence-corrected chi connectivity index (χ1v) is 12.7. The summed E-state index contributed by atoms with van der Waals surface area (Å²) in [7, 11) is 0. The summed E-state index contributed by atoms with van der Waals surface area (Å²) < 4.78 is 0. The van der Waals surface area contributed by atoms with Gasteiger partial charge < -0.3 is 10.2 Å². The summed E-state index contributed by atoms with van der Waals surface area (Å²) in [4.78, 5) is 15.5. The maximum atomic E-state index is 13.0. The van der Waals surface area contributed by atoms with Crippen molar-refractivity contribution in [2.24, 2.45) is 11.3 Å². The molecule has 0 aromatic heterocycles. The summed E-state index contributed by atoms with van der Waals surface area (Å²) in [5.74, 6) is 0.888. The summed E-state index contributed by atoms with van der Waals surface area (Å²) in [5.41, 5.74) is 2.20. The van der Waals surface area contributed by atoms with Gasteiger partial charge in [0.2, 0.25) is 0 Å². The molecule has 2 bridgehead atoms. The van der Waals surface area contributed by atoms with Gasteiger partial charge in [0.25, 0.3) is 5.91 Å². The number of fused-ring (bicyclic) bond motifs is 2. The number of nitrogens with one attached hydrogen (secondary N) is 1. The molecular formula is C27H43ClN2O. The van der Waals surface area contributed by atoms with Gasteiger partial charge in [-0.15, -0.1) is 0 Å². The second-order valence-corrected chi connectivity index (χ2v) is 10.2. The van der Waals surface area contributed by atoms with Gasteiger partial charge in [-0.2, -0.15) is 0 Å². The fourth-order valence-corrected chi connectivity index (χ4v) is 6.01. The van der Waals surface area contributed by atoms with Gasteiger partial charge >= 0.3 is 0 Å². The van der Waals surface area contributed by atoms with Crippen molar-refractivity contribution in [1.29, 1.82) is 0 Å². The van der Waals surface area contributed by atoms with Crippen LogP contribution in [0.3, 0.4) is 0 Å². The molecule has 2 aliphatic rings. The number of carbonyl (C=O) groups is 1. The summed E-state index contributed by atoms with van der Waals surface area (Å²) in [6, 6.07) is 6.00. The first-order valence-electron chi connectivity index (χ1n) is 12.3. The third-order valence-corrected chi connectivity index (χ3v) is 7.61. The Morgan fingerprint density at radius 1 is 1.13 bits per heavy atom. The average Bonchev–Trinajstić information content (AvgIpc) is 2.74. The molecule has 0 saturated heterocycles. The second kappa shape index (κ2) is 12.8. The molecule has 174 valence electrons. The minimum absolute atomic E-state index is 0. The number of aryl methyl sites for hydroxylation is 1. The van der Waals surface area contributed by atoms with Crippen molar-refractivity contribution in [3.63, 3.8) is 0 Å². The molecular weight excluding hydrogens is 404 g/mol. The molecule has 4 heteroatoms. The average molecular weight is 447 g/mol. The Morgan fingerprint density at radius 3 is 2.45 bits per heavy atom. The molecule has 3 nitrogen and oxygen atoms in total. The third kappa shape index (κ3) is 7.49. The molecule has 1 aromatic carbocycles. The lowest BCUT2D eigenvalue weighted by atomic mass is 9.62. The molecule has 0 atom stereocenters. The Kier molecular flexibility index (Phi) is 10.9. The van der Waals surface area contributed by atoms with Crippen molar-refractivity contribution < 1.29 is 4.79 Å². The number of nitrogens with zero attached hydrogens (tertiary/aromatic N) is 1. The van der Waals surface area contributed by atoms with Crippen molar-refractivity contribution in [2.45, 2.75) is 84.5 Å². The van der Waals surface area contributed by atoms with Crippen molar-refractivity contribution in [3.8, 4) is 0 Å². The second-order valence-electron chi connectivity index (χ2n) is 9.80. The monoisotopic (exact) mass is 446 g/mol. The number of benzene rings is 1. The molecule has 0 aliphatic heterocycles. The quantitative estimate of drug-likeness (QED) is 0.404. The van der Waals surface area contributed by atoms with Gasteiger partial charge in [0, 0.05) is 6.54 Å². The van der Waals surface area contributed by atoms with Gasteiger partial charge in [0.05, 0.1) is 10.6 Å². The zero-order chi connectivity index (χ0) is 21.4. The third-order valence-electron chi connectivity index (χ3n) is 7.28. The summed E-state index contributed by atoms with van der Waals surface area (Å²) in [6.45, 7) is 8.76. The number of hydrogen-bond donors (Lipinski definition) is 1. The van der Waals surface area contributed by atoms with Crippen LogP contribution in [0.15, 0.2) is 18.2 Å². The van der Waals surface area contributed by atoms with E-state index in [0.29, 0.717) is 16.0 Å². The molecule has 1 aromatic rings. The van der Waals surface area contributed by atoms with Crippen LogP contribution in [0.5, 0.6) is 0 Å². The van der Waals surface area contributed by atoms with Crippen LogP contribution < -0.4 is 5.32 Å². The molecule has 0 unspecified atom stereocenters. The van der Waals surface area contributed by atoms with Crippen molar-refractivity contribution in [3.05, 3.63) is 41.8 Å². The van der Waals surface area contributed by atoms with E-state index in [0.717, 1.165) is 31.8 Å². The standard InChI is InChI=1S/C26H41ClN2O.CH2/c1-3-15-29(16-4-2)17-7-10-21-11-12-24(27)23(18-21)25(30)28-20-26-13-5-8-22(19-26)9-6-14-26;/h11-12,18,22H,3-10,13-17,19-20H2,1-2H3,(H,28,30);1H2. The van der Waals surface area contributed by atoms with Gasteiger partial charge in [-0.3, -0.25) is 4.79 Å². The van der Waals surface area contributed by atoms with Crippen molar-refractivity contribution >= 4 is 17.5 Å². The lowest BCUT2D eigenvalue weighted by Crippen LogP contribution is -2.43. The van der Waals surface area contributed by atoms with Gasteiger partial charge in [-0.25, -0.2) is 0 Å². The molecule has 31 heavy (non-hydrogen) atoms. The predicted octanol–water partition coefficient (Wildman–Crippen LogP) is 6.81. The van der Waals surface area contributed by atoms with E-state index in [4.69, 9.17) is 11.6 Å². The van der Waals surface area contributed by atoms with E-state index in [-0.39, 0.29) is 13.3 Å². The zero-order valence-electron chi connectivity index (χ0n) is 19.9. The van der Waals surface area contributed by atoms with E-state index in [1.807, 2.05) is 12.1 Å². The molecule has 1 amide bonds. The van der Waals surface area contributed by atoms with Gasteiger partial charge in [-0.05, 0) is 93.6 Å². The van der Waals surface area contributed by atoms with Crippen LogP contribution >= 0.6 is 11.6 Å². The van der Waals surface area contributed by atoms with Gasteiger partial charge in [0.1, 0.15) is 0 Å². The SMILES string of the molecule is CCCN(CCC)CCCc1ccc(Cl)c(C(=O)NCC23CCCC(CCC2)C3)c1.[CH2]. The highest BCUT2D eigenvalue weighted by molar-refractivity contribution is 6.33. The van der Waals surface area contributed by atoms with Crippen molar-refractivity contribution in [1.82, 2.24) is 10.2 Å². The Balaban J connectivity index is 0.00000341. The predicted molar refractivity (Wildman–Crippen MR) is 133 cm³/mol. The van der Waals surface area contributed by atoms with E-state index in [1.54, 1.807) is 0 Å². The lowest BCUT2D eigenvalue weighted by Gasteiger charge is -2.45. The van der Waals surface area contributed by atoms with E-state index in [2.05, 4.69) is 30.1 Å². The Morgan fingerprint density at radius 2 is 1.81 bits per heavy atom. The zero-order valence-corrected chi connectivity index (χ0v) is 20.6. The molecule has 3 rings (SSSR count). The molecule has 0 heterocycles. The van der Waals surface area contributed by atoms with Crippen LogP contribution in [-0.4, -0.2) is 37.0 Å². The largest absolute Gasteiger partial charge is 0.351 e. The van der Waals surface area contributed by atoms with E-state index in [9.17, 15) is 4.79 Å². The van der Waals surface area contributed by atoms with E-state index >= 15 is 0 Å². The summed E-state index contributed by atoms with van der Waals surface area (Å²) in [6.07, 6.45) is 13.8. The smallest absolute Gasteiger partial charge is 0.252 e. The fraction of sp³-hybridized carbons (Fsp3) is 0.704. The van der Waals surface area contributed by atoms with E-state index < -0.39 is 0 Å². The Hall–Kier alpha value is -1.06. The highest BCUT2D eigenvalue weighted by atomic mass is 35.5. The van der Waals surface area contributed by atoms with Crippen molar-refractivity contribution in [2.75, 3.05) is 26.2 Å². The molecule has 2 aliphatic carbocycles. The number of rotatable bonds is 11. The number of halogens is 1. The number of amides is 1. The maximum absolute atomic E-state index is 13.0. The summed E-state index contributed by atoms with van der Waals surface area (Å²) in [5, 5.41) is 3.83. The summed E-state index contributed by atoms with van der Waals surface area (Å²) >= 11 is 6.41. The topological polar surface area (TPSA) is 32.3 Å². The van der Waals surface area contributed by atoms with Gasteiger partial charge in [-0.1, -0.05) is 64.6 Å². The molecule has 0 spiro atoms. The Bertz CT molecular complexity index is 674. The van der Waals surface area contributed by atoms with Crippen LogP contribution in [0.4, 0.5) is 0 Å². The maximum Gasteiger partial charge on any atom is 0.252 e. The van der Waals surface area contributed by atoms with Crippen LogP contribution in [0.1, 0.15) is 94.0 Å². The highest BCUT2D eigenvalue weighted by Gasteiger charge is 2.39. The van der Waals surface area contributed by atoms with Crippen LogP contribution in [0.25, 0.3) is 0 Å². The minimum atomic E-state index is 0. The Labute approximate surface area is 196 Å². The van der Waals surface area contributed by atoms with E-state index in [1.165, 1.54) is 76.4 Å². The highest BCUT2D eigenvalue weighted by Crippen LogP contribution is 2.48. The molecule has 2 radical (unpaired) electrons. The normalized spacial score (nSPS) is 22.8. The van der Waals surface area contributed by atoms with Crippen LogP contribution in [0.2, 0.25) is 5.02 Å². The molecule has 2 saturated carbocycles. The molecule has 1 N–H and O–H groups in total.